The molecule has 0 radical (unpaired) electrons. The number of nitrogens with zero attached hydrogens (tertiary/aromatic N) is 2. The standard InChI is InChI=1S/C14H24N2O4/c1-15(9-11-3-2-8-20-10-11)14(19)16(12-4-5-12)7-6-13(17)18/h11-12H,2-10H2,1H3,(H,17,18). The summed E-state index contributed by atoms with van der Waals surface area (Å²) in [6.07, 6.45) is 4.15. The van der Waals surface area contributed by atoms with Gasteiger partial charge in [0, 0.05) is 38.7 Å². The number of hydrogen-bond donors (Lipinski definition) is 1. The summed E-state index contributed by atoms with van der Waals surface area (Å²) in [5.74, 6) is -0.454. The Hall–Kier alpha value is -1.30. The second kappa shape index (κ2) is 6.92. The molecule has 1 saturated carbocycles. The number of amides is 2. The van der Waals surface area contributed by atoms with Gasteiger partial charge in [-0.2, -0.15) is 0 Å². The zero-order chi connectivity index (χ0) is 14.5. The number of carbonyl (C=O) groups is 2. The molecule has 1 N–H and O–H groups in total. The van der Waals surface area contributed by atoms with Crippen LogP contribution in [0.1, 0.15) is 32.1 Å². The zero-order valence-electron chi connectivity index (χ0n) is 12.1. The van der Waals surface area contributed by atoms with Gasteiger partial charge in [-0.25, -0.2) is 4.79 Å². The lowest BCUT2D eigenvalue weighted by Gasteiger charge is -2.31. The average molecular weight is 284 g/mol. The lowest BCUT2D eigenvalue weighted by atomic mass is 10.0. The third-order valence-corrected chi connectivity index (χ3v) is 3.91. The molecule has 0 aromatic heterocycles. The van der Waals surface area contributed by atoms with Gasteiger partial charge in [0.25, 0.3) is 0 Å². The molecule has 1 saturated heterocycles. The Morgan fingerprint density at radius 3 is 2.60 bits per heavy atom. The van der Waals surface area contributed by atoms with Crippen molar-refractivity contribution in [2.24, 2.45) is 5.92 Å². The molecule has 2 rings (SSSR count). The van der Waals surface area contributed by atoms with Gasteiger partial charge >= 0.3 is 12.0 Å². The van der Waals surface area contributed by atoms with E-state index >= 15 is 0 Å². The predicted octanol–water partition coefficient (Wildman–Crippen LogP) is 1.40. The number of urea groups is 1. The third kappa shape index (κ3) is 4.37. The molecule has 1 unspecified atom stereocenters. The summed E-state index contributed by atoms with van der Waals surface area (Å²) in [6, 6.07) is 0.200. The Morgan fingerprint density at radius 1 is 1.30 bits per heavy atom. The van der Waals surface area contributed by atoms with E-state index < -0.39 is 5.97 Å². The van der Waals surface area contributed by atoms with Crippen LogP contribution in [0.2, 0.25) is 0 Å². The van der Waals surface area contributed by atoms with Gasteiger partial charge in [-0.1, -0.05) is 0 Å². The first-order chi connectivity index (χ1) is 9.58. The van der Waals surface area contributed by atoms with Gasteiger partial charge in [-0.3, -0.25) is 4.79 Å². The van der Waals surface area contributed by atoms with Gasteiger partial charge in [-0.15, -0.1) is 0 Å². The highest BCUT2D eigenvalue weighted by Gasteiger charge is 2.34. The van der Waals surface area contributed by atoms with Crippen molar-refractivity contribution in [1.29, 1.82) is 0 Å². The van der Waals surface area contributed by atoms with Gasteiger partial charge in [-0.05, 0) is 25.7 Å². The van der Waals surface area contributed by atoms with Crippen molar-refractivity contribution in [3.05, 3.63) is 0 Å². The first kappa shape index (κ1) is 15.1. The van der Waals surface area contributed by atoms with E-state index in [-0.39, 0.29) is 18.5 Å². The number of carbonyl (C=O) groups excluding carboxylic acids is 1. The summed E-state index contributed by atoms with van der Waals surface area (Å²) >= 11 is 0. The van der Waals surface area contributed by atoms with E-state index in [0.29, 0.717) is 19.0 Å². The molecule has 0 aromatic carbocycles. The lowest BCUT2D eigenvalue weighted by Crippen LogP contribution is -2.45. The van der Waals surface area contributed by atoms with Crippen LogP contribution >= 0.6 is 0 Å². The molecule has 6 heteroatoms. The van der Waals surface area contributed by atoms with Crippen molar-refractivity contribution in [2.75, 3.05) is 33.4 Å². The second-order valence-electron chi connectivity index (χ2n) is 5.81. The lowest BCUT2D eigenvalue weighted by molar-refractivity contribution is -0.137. The summed E-state index contributed by atoms with van der Waals surface area (Å²) < 4.78 is 5.43. The fourth-order valence-electron chi connectivity index (χ4n) is 2.67. The Morgan fingerprint density at radius 2 is 2.05 bits per heavy atom. The summed E-state index contributed by atoms with van der Waals surface area (Å²) in [5, 5.41) is 8.78. The SMILES string of the molecule is CN(CC1CCCOC1)C(=O)N(CCC(=O)O)C1CC1. The van der Waals surface area contributed by atoms with Crippen LogP contribution in [0.25, 0.3) is 0 Å². The van der Waals surface area contributed by atoms with Crippen LogP contribution in [0.4, 0.5) is 4.79 Å². The Labute approximate surface area is 119 Å². The molecule has 20 heavy (non-hydrogen) atoms. The molecule has 114 valence electrons. The Kier molecular flexibility index (Phi) is 5.23. The molecule has 2 amide bonds. The van der Waals surface area contributed by atoms with Gasteiger partial charge in [0.2, 0.25) is 0 Å². The van der Waals surface area contributed by atoms with Crippen molar-refractivity contribution in [3.63, 3.8) is 0 Å². The van der Waals surface area contributed by atoms with E-state index in [2.05, 4.69) is 0 Å². The number of ether oxygens (including phenoxy) is 1. The fraction of sp³-hybridized carbons (Fsp3) is 0.857. The van der Waals surface area contributed by atoms with E-state index in [9.17, 15) is 9.59 Å². The van der Waals surface area contributed by atoms with Gasteiger partial charge in [0.1, 0.15) is 0 Å². The maximum Gasteiger partial charge on any atom is 0.320 e. The molecule has 1 atom stereocenters. The van der Waals surface area contributed by atoms with E-state index in [4.69, 9.17) is 9.84 Å². The zero-order valence-corrected chi connectivity index (χ0v) is 12.1. The molecule has 6 nitrogen and oxygen atoms in total. The molecule has 2 fully saturated rings. The van der Waals surface area contributed by atoms with Crippen LogP contribution in [0.5, 0.6) is 0 Å². The molecule has 1 aliphatic carbocycles. The maximum atomic E-state index is 12.4. The Balaban J connectivity index is 1.83. The van der Waals surface area contributed by atoms with Crippen LogP contribution in [-0.4, -0.2) is 66.3 Å². The monoisotopic (exact) mass is 284 g/mol. The fourth-order valence-corrected chi connectivity index (χ4v) is 2.67. The van der Waals surface area contributed by atoms with Crippen molar-refractivity contribution in [3.8, 4) is 0 Å². The number of aliphatic carboxylic acids is 1. The molecular formula is C14H24N2O4. The van der Waals surface area contributed by atoms with Crippen molar-refractivity contribution >= 4 is 12.0 Å². The average Bonchev–Trinajstić information content (AvgIpc) is 3.24. The van der Waals surface area contributed by atoms with Crippen molar-refractivity contribution < 1.29 is 19.4 Å². The van der Waals surface area contributed by atoms with Crippen molar-refractivity contribution in [1.82, 2.24) is 9.80 Å². The number of carboxylic acid groups (broad SMARTS) is 1. The van der Waals surface area contributed by atoms with Gasteiger partial charge < -0.3 is 19.6 Å². The van der Waals surface area contributed by atoms with Crippen LogP contribution in [0.3, 0.4) is 0 Å². The third-order valence-electron chi connectivity index (χ3n) is 3.91. The van der Waals surface area contributed by atoms with Gasteiger partial charge in [0.15, 0.2) is 0 Å². The summed E-state index contributed by atoms with van der Waals surface area (Å²) in [6.45, 7) is 2.54. The molecule has 0 spiro atoms. The first-order valence-corrected chi connectivity index (χ1v) is 7.39. The number of hydrogen-bond acceptors (Lipinski definition) is 3. The topological polar surface area (TPSA) is 70.1 Å². The molecule has 2 aliphatic rings. The van der Waals surface area contributed by atoms with Gasteiger partial charge in [0.05, 0.1) is 13.0 Å². The van der Waals surface area contributed by atoms with E-state index in [1.165, 1.54) is 0 Å². The maximum absolute atomic E-state index is 12.4. The van der Waals surface area contributed by atoms with Crippen LogP contribution in [0.15, 0.2) is 0 Å². The minimum atomic E-state index is -0.855. The highest BCUT2D eigenvalue weighted by Crippen LogP contribution is 2.28. The van der Waals surface area contributed by atoms with E-state index in [0.717, 1.165) is 38.9 Å². The second-order valence-corrected chi connectivity index (χ2v) is 5.81. The highest BCUT2D eigenvalue weighted by atomic mass is 16.5. The molecule has 1 heterocycles. The quantitative estimate of drug-likeness (QED) is 0.800. The largest absolute Gasteiger partial charge is 0.481 e. The number of carboxylic acids is 1. The predicted molar refractivity (Wildman–Crippen MR) is 73.5 cm³/mol. The summed E-state index contributed by atoms with van der Waals surface area (Å²) in [4.78, 5) is 26.6. The molecule has 1 aliphatic heterocycles. The van der Waals surface area contributed by atoms with E-state index in [1.807, 2.05) is 0 Å². The highest BCUT2D eigenvalue weighted by molar-refractivity contribution is 5.76. The number of rotatable bonds is 6. The summed E-state index contributed by atoms with van der Waals surface area (Å²) in [7, 11) is 1.80. The first-order valence-electron chi connectivity index (χ1n) is 7.39. The minimum absolute atomic E-state index is 0.0165. The minimum Gasteiger partial charge on any atom is -0.481 e. The summed E-state index contributed by atoms with van der Waals surface area (Å²) in [5.41, 5.74) is 0. The van der Waals surface area contributed by atoms with Crippen molar-refractivity contribution in [2.45, 2.75) is 38.1 Å². The molecular weight excluding hydrogens is 260 g/mol. The smallest absolute Gasteiger partial charge is 0.320 e. The Bertz CT molecular complexity index is 351. The van der Waals surface area contributed by atoms with Crippen LogP contribution in [-0.2, 0) is 9.53 Å². The van der Waals surface area contributed by atoms with E-state index in [1.54, 1.807) is 16.8 Å². The van der Waals surface area contributed by atoms with Crippen LogP contribution < -0.4 is 0 Å². The normalized spacial score (nSPS) is 22.4. The molecule has 0 aromatic rings. The molecule has 0 bridgehead atoms. The van der Waals surface area contributed by atoms with Crippen LogP contribution in [0, 0.1) is 5.92 Å².